The van der Waals surface area contributed by atoms with Crippen LogP contribution in [0.2, 0.25) is 0 Å². The molecule has 1 aliphatic rings. The Morgan fingerprint density at radius 1 is 1.33 bits per heavy atom. The van der Waals surface area contributed by atoms with Crippen LogP contribution >= 0.6 is 11.8 Å². The number of thioether (sulfide) groups is 1. The Kier molecular flexibility index (Phi) is 6.05. The monoisotopic (exact) mass is 410 g/mol. The smallest absolute Gasteiger partial charge is 0.230 e. The van der Waals surface area contributed by atoms with Crippen LogP contribution < -0.4 is 10.1 Å². The first-order valence-electron chi connectivity index (χ1n) is 8.62. The van der Waals surface area contributed by atoms with Gasteiger partial charge in [-0.3, -0.25) is 4.79 Å². The van der Waals surface area contributed by atoms with Crippen LogP contribution in [-0.2, 0) is 21.2 Å². The second-order valence-corrected chi connectivity index (χ2v) is 9.41. The molecule has 1 amide bonds. The zero-order chi connectivity index (χ0) is 19.4. The lowest BCUT2D eigenvalue weighted by atomic mass is 10.2. The van der Waals surface area contributed by atoms with Crippen molar-refractivity contribution in [3.63, 3.8) is 0 Å². The number of nitrogens with one attached hydrogen (secondary N) is 1. The van der Waals surface area contributed by atoms with Gasteiger partial charge in [0.05, 0.1) is 24.4 Å². The highest BCUT2D eigenvalue weighted by atomic mass is 32.2. The molecule has 0 unspecified atom stereocenters. The van der Waals surface area contributed by atoms with E-state index < -0.39 is 9.84 Å². The molecule has 3 rings (SSSR count). The van der Waals surface area contributed by atoms with Crippen molar-refractivity contribution in [3.05, 3.63) is 24.3 Å². The van der Waals surface area contributed by atoms with Crippen molar-refractivity contribution < 1.29 is 17.9 Å². The van der Waals surface area contributed by atoms with E-state index in [4.69, 9.17) is 4.74 Å². The van der Waals surface area contributed by atoms with E-state index in [0.29, 0.717) is 18.1 Å². The van der Waals surface area contributed by atoms with Gasteiger partial charge < -0.3 is 14.6 Å². The van der Waals surface area contributed by atoms with Crippen LogP contribution in [0.15, 0.2) is 29.4 Å². The molecule has 10 heteroatoms. The standard InChI is InChI=1S/C17H22N4O4S2/c1-3-21-16(12-4-6-14(25-2)7-5-12)19-20-17(21)26-10-15(22)18-13-8-9-27(23,24)11-13/h4-7,13H,3,8-11H2,1-2H3,(H,18,22)/t13-/m1/s1. The van der Waals surface area contributed by atoms with Gasteiger partial charge in [-0.05, 0) is 37.6 Å². The third kappa shape index (κ3) is 4.81. The first kappa shape index (κ1) is 19.7. The number of hydrogen-bond donors (Lipinski definition) is 1. The predicted octanol–water partition coefficient (Wildman–Crippen LogP) is 1.37. The molecule has 146 valence electrons. The van der Waals surface area contributed by atoms with Crippen LogP contribution in [0.5, 0.6) is 5.75 Å². The second kappa shape index (κ2) is 8.30. The summed E-state index contributed by atoms with van der Waals surface area (Å²) in [6.07, 6.45) is 0.478. The van der Waals surface area contributed by atoms with E-state index in [0.717, 1.165) is 17.1 Å². The van der Waals surface area contributed by atoms with Crippen LogP contribution in [-0.4, -0.2) is 59.5 Å². The summed E-state index contributed by atoms with van der Waals surface area (Å²) in [5.74, 6) is 1.62. The zero-order valence-electron chi connectivity index (χ0n) is 15.2. The third-order valence-electron chi connectivity index (χ3n) is 4.31. The Morgan fingerprint density at radius 3 is 2.67 bits per heavy atom. The Balaban J connectivity index is 1.63. The molecule has 0 bridgehead atoms. The molecule has 1 fully saturated rings. The molecular formula is C17H22N4O4S2. The Morgan fingerprint density at radius 2 is 2.07 bits per heavy atom. The van der Waals surface area contributed by atoms with Gasteiger partial charge in [0.2, 0.25) is 5.91 Å². The highest BCUT2D eigenvalue weighted by molar-refractivity contribution is 7.99. The summed E-state index contributed by atoms with van der Waals surface area (Å²) in [6.45, 7) is 2.66. The topological polar surface area (TPSA) is 103 Å². The lowest BCUT2D eigenvalue weighted by molar-refractivity contribution is -0.119. The van der Waals surface area contributed by atoms with Crippen molar-refractivity contribution in [3.8, 4) is 17.1 Å². The predicted molar refractivity (Wildman–Crippen MR) is 104 cm³/mol. The largest absolute Gasteiger partial charge is 0.497 e. The summed E-state index contributed by atoms with van der Waals surface area (Å²) in [5.41, 5.74) is 0.914. The van der Waals surface area contributed by atoms with Gasteiger partial charge in [-0.2, -0.15) is 0 Å². The molecule has 2 aromatic rings. The maximum absolute atomic E-state index is 12.1. The van der Waals surface area contributed by atoms with Crippen molar-refractivity contribution in [2.24, 2.45) is 0 Å². The quantitative estimate of drug-likeness (QED) is 0.688. The number of carbonyl (C=O) groups excluding carboxylic acids is 1. The first-order valence-corrected chi connectivity index (χ1v) is 11.4. The summed E-state index contributed by atoms with van der Waals surface area (Å²) in [7, 11) is -1.39. The van der Waals surface area contributed by atoms with Gasteiger partial charge in [0.1, 0.15) is 5.75 Å². The molecule has 1 N–H and O–H groups in total. The molecule has 0 saturated carbocycles. The van der Waals surface area contributed by atoms with E-state index in [1.54, 1.807) is 7.11 Å². The van der Waals surface area contributed by atoms with Crippen LogP contribution in [0.3, 0.4) is 0 Å². The molecule has 1 aliphatic heterocycles. The molecule has 1 aromatic heterocycles. The van der Waals surface area contributed by atoms with Crippen molar-refractivity contribution in [2.75, 3.05) is 24.4 Å². The van der Waals surface area contributed by atoms with Crippen molar-refractivity contribution >= 4 is 27.5 Å². The van der Waals surface area contributed by atoms with E-state index in [1.165, 1.54) is 11.8 Å². The molecule has 0 aliphatic carbocycles. The van der Waals surface area contributed by atoms with Gasteiger partial charge in [-0.25, -0.2) is 8.42 Å². The minimum Gasteiger partial charge on any atom is -0.497 e. The molecule has 0 spiro atoms. The van der Waals surface area contributed by atoms with Gasteiger partial charge in [-0.15, -0.1) is 10.2 Å². The minimum absolute atomic E-state index is 0.0240. The van der Waals surface area contributed by atoms with Crippen LogP contribution in [0, 0.1) is 0 Å². The molecule has 0 radical (unpaired) electrons. The highest BCUT2D eigenvalue weighted by Crippen LogP contribution is 2.25. The van der Waals surface area contributed by atoms with Crippen molar-refractivity contribution in [2.45, 2.75) is 31.1 Å². The minimum atomic E-state index is -3.01. The number of aromatic nitrogens is 3. The summed E-state index contributed by atoms with van der Waals surface area (Å²) >= 11 is 1.29. The van der Waals surface area contributed by atoms with E-state index in [1.807, 2.05) is 35.8 Å². The summed E-state index contributed by atoms with van der Waals surface area (Å²) in [5, 5.41) is 11.9. The molecule has 1 aromatic carbocycles. The molecule has 2 heterocycles. The van der Waals surface area contributed by atoms with Crippen LogP contribution in [0.4, 0.5) is 0 Å². The average molecular weight is 411 g/mol. The van der Waals surface area contributed by atoms with Crippen molar-refractivity contribution in [1.29, 1.82) is 0 Å². The summed E-state index contributed by atoms with van der Waals surface area (Å²) in [6, 6.07) is 7.26. The maximum Gasteiger partial charge on any atom is 0.230 e. The summed E-state index contributed by atoms with van der Waals surface area (Å²) in [4.78, 5) is 12.1. The van der Waals surface area contributed by atoms with E-state index in [9.17, 15) is 13.2 Å². The average Bonchev–Trinajstić information content (AvgIpc) is 3.22. The second-order valence-electron chi connectivity index (χ2n) is 6.24. The number of amides is 1. The third-order valence-corrected chi connectivity index (χ3v) is 7.05. The Bertz CT molecular complexity index is 910. The van der Waals surface area contributed by atoms with Crippen LogP contribution in [0.25, 0.3) is 11.4 Å². The van der Waals surface area contributed by atoms with Gasteiger partial charge in [0, 0.05) is 18.2 Å². The number of ether oxygens (including phenoxy) is 1. The molecular weight excluding hydrogens is 388 g/mol. The number of benzene rings is 1. The normalized spacial score (nSPS) is 18.4. The number of hydrogen-bond acceptors (Lipinski definition) is 7. The number of carbonyl (C=O) groups is 1. The molecule has 8 nitrogen and oxygen atoms in total. The Labute approximate surface area is 162 Å². The SMILES string of the molecule is CCn1c(SCC(=O)N[C@@H]2CCS(=O)(=O)C2)nnc1-c1ccc(OC)cc1. The van der Waals surface area contributed by atoms with Gasteiger partial charge in [-0.1, -0.05) is 11.8 Å². The fourth-order valence-corrected chi connectivity index (χ4v) is 5.43. The van der Waals surface area contributed by atoms with Gasteiger partial charge >= 0.3 is 0 Å². The first-order chi connectivity index (χ1) is 12.9. The van der Waals surface area contributed by atoms with Crippen molar-refractivity contribution in [1.82, 2.24) is 20.1 Å². The molecule has 27 heavy (non-hydrogen) atoms. The Hall–Kier alpha value is -2.07. The van der Waals surface area contributed by atoms with Gasteiger partial charge in [0.15, 0.2) is 20.8 Å². The number of methoxy groups -OCH3 is 1. The number of rotatable bonds is 7. The lowest BCUT2D eigenvalue weighted by Crippen LogP contribution is -2.36. The van der Waals surface area contributed by atoms with Crippen LogP contribution in [0.1, 0.15) is 13.3 Å². The van der Waals surface area contributed by atoms with E-state index >= 15 is 0 Å². The fourth-order valence-electron chi connectivity index (χ4n) is 2.94. The molecule has 1 saturated heterocycles. The maximum atomic E-state index is 12.1. The highest BCUT2D eigenvalue weighted by Gasteiger charge is 2.29. The van der Waals surface area contributed by atoms with E-state index in [2.05, 4.69) is 15.5 Å². The van der Waals surface area contributed by atoms with E-state index in [-0.39, 0.29) is 29.2 Å². The lowest BCUT2D eigenvalue weighted by Gasteiger charge is -2.11. The number of nitrogens with zero attached hydrogens (tertiary/aromatic N) is 3. The van der Waals surface area contributed by atoms with Gasteiger partial charge in [0.25, 0.3) is 0 Å². The fraction of sp³-hybridized carbons (Fsp3) is 0.471. The molecule has 1 atom stereocenters. The number of sulfone groups is 1. The zero-order valence-corrected chi connectivity index (χ0v) is 16.8. The summed E-state index contributed by atoms with van der Waals surface area (Å²) < 4.78 is 30.1.